The molecular weight excluding hydrogens is 839 g/mol. The zero-order valence-electron chi connectivity index (χ0n) is 37.4. The molecule has 0 N–H and O–H groups in total. The number of hydrogen-bond acceptors (Lipinski definition) is 2. The average molecular weight is 880 g/mol. The van der Waals surface area contributed by atoms with Crippen LogP contribution in [0.4, 0.5) is 0 Å². The number of aromatic nitrogens is 5. The molecule has 4 heterocycles. The Morgan fingerprint density at radius 1 is 0.246 bits per heavy atom. The van der Waals surface area contributed by atoms with Gasteiger partial charge in [0.15, 0.2) is 5.82 Å². The van der Waals surface area contributed by atoms with E-state index in [2.05, 4.69) is 256 Å². The first-order chi connectivity index (χ1) is 34.2. The van der Waals surface area contributed by atoms with Gasteiger partial charge in [-0.1, -0.05) is 170 Å². The van der Waals surface area contributed by atoms with E-state index >= 15 is 0 Å². The first kappa shape index (κ1) is 38.9. The third-order valence-electron chi connectivity index (χ3n) is 13.8. The minimum atomic E-state index is 0.681. The van der Waals surface area contributed by atoms with Gasteiger partial charge in [0, 0.05) is 71.6 Å². The summed E-state index contributed by atoms with van der Waals surface area (Å²) in [7, 11) is 0. The van der Waals surface area contributed by atoms with Crippen molar-refractivity contribution < 1.29 is 0 Å². The van der Waals surface area contributed by atoms with E-state index in [9.17, 15) is 0 Å². The minimum Gasteiger partial charge on any atom is -0.309 e. The van der Waals surface area contributed by atoms with Gasteiger partial charge in [0.2, 0.25) is 0 Å². The fraction of sp³-hybridized carbons (Fsp3) is 0. The van der Waals surface area contributed by atoms with Gasteiger partial charge >= 0.3 is 0 Å². The van der Waals surface area contributed by atoms with Crippen molar-refractivity contribution >= 4 is 65.4 Å². The van der Waals surface area contributed by atoms with Crippen molar-refractivity contribution in [3.8, 4) is 62.1 Å². The second-order valence-corrected chi connectivity index (χ2v) is 17.7. The van der Waals surface area contributed by atoms with Crippen molar-refractivity contribution in [2.75, 3.05) is 0 Å². The first-order valence-corrected chi connectivity index (χ1v) is 23.5. The molecule has 14 aromatic rings. The quantitative estimate of drug-likeness (QED) is 0.160. The van der Waals surface area contributed by atoms with Crippen LogP contribution < -0.4 is 0 Å². The maximum atomic E-state index is 5.50. The van der Waals surface area contributed by atoms with Crippen LogP contribution >= 0.6 is 0 Å². The van der Waals surface area contributed by atoms with Crippen LogP contribution in [0.15, 0.2) is 249 Å². The van der Waals surface area contributed by atoms with Gasteiger partial charge in [-0.2, -0.15) is 0 Å². The highest BCUT2D eigenvalue weighted by Gasteiger charge is 2.24. The molecule has 0 unspecified atom stereocenters. The predicted molar refractivity (Wildman–Crippen MR) is 287 cm³/mol. The van der Waals surface area contributed by atoms with Crippen molar-refractivity contribution in [1.29, 1.82) is 0 Å². The van der Waals surface area contributed by atoms with Gasteiger partial charge in [-0.3, -0.25) is 0 Å². The summed E-state index contributed by atoms with van der Waals surface area (Å²) in [6, 6.07) is 89.3. The lowest BCUT2D eigenvalue weighted by molar-refractivity contribution is 1.16. The number of hydrogen-bond donors (Lipinski definition) is 0. The molecule has 0 aliphatic heterocycles. The highest BCUT2D eigenvalue weighted by molar-refractivity contribution is 6.18. The van der Waals surface area contributed by atoms with Crippen molar-refractivity contribution in [3.05, 3.63) is 249 Å². The Labute approximate surface area is 398 Å². The van der Waals surface area contributed by atoms with Gasteiger partial charge in [0.1, 0.15) is 0 Å². The predicted octanol–water partition coefficient (Wildman–Crippen LogP) is 16.4. The van der Waals surface area contributed by atoms with Crippen LogP contribution in [0, 0.1) is 0 Å². The van der Waals surface area contributed by atoms with E-state index in [1.54, 1.807) is 0 Å². The maximum Gasteiger partial charge on any atom is 0.160 e. The third kappa shape index (κ3) is 6.18. The summed E-state index contributed by atoms with van der Waals surface area (Å²) < 4.78 is 7.28. The molecule has 4 aromatic heterocycles. The molecule has 322 valence electrons. The van der Waals surface area contributed by atoms with Gasteiger partial charge in [-0.15, -0.1) is 0 Å². The summed E-state index contributed by atoms with van der Waals surface area (Å²) in [5.41, 5.74) is 17.2. The minimum absolute atomic E-state index is 0.681. The zero-order chi connectivity index (χ0) is 45.4. The molecule has 0 amide bonds. The Morgan fingerprint density at radius 3 is 1.36 bits per heavy atom. The van der Waals surface area contributed by atoms with Crippen molar-refractivity contribution in [2.24, 2.45) is 0 Å². The smallest absolute Gasteiger partial charge is 0.160 e. The van der Waals surface area contributed by atoms with E-state index in [0.717, 1.165) is 83.7 Å². The first-order valence-electron chi connectivity index (χ1n) is 23.5. The van der Waals surface area contributed by atoms with Crippen LogP contribution in [-0.4, -0.2) is 23.7 Å². The van der Waals surface area contributed by atoms with Crippen molar-refractivity contribution in [2.45, 2.75) is 0 Å². The Bertz CT molecular complexity index is 4220. The fourth-order valence-electron chi connectivity index (χ4n) is 10.8. The summed E-state index contributed by atoms with van der Waals surface area (Å²) in [6.07, 6.45) is 0. The van der Waals surface area contributed by atoms with Gasteiger partial charge in [0.05, 0.1) is 44.5 Å². The lowest BCUT2D eigenvalue weighted by atomic mass is 9.92. The Kier molecular flexibility index (Phi) is 8.83. The largest absolute Gasteiger partial charge is 0.309 e. The van der Waals surface area contributed by atoms with E-state index in [-0.39, 0.29) is 0 Å². The van der Waals surface area contributed by atoms with E-state index in [1.807, 2.05) is 6.07 Å². The summed E-state index contributed by atoms with van der Waals surface area (Å²) in [5.74, 6) is 0.681. The summed E-state index contributed by atoms with van der Waals surface area (Å²) in [5, 5.41) is 7.13. The lowest BCUT2D eigenvalue weighted by Crippen LogP contribution is -2.00. The van der Waals surface area contributed by atoms with Crippen LogP contribution in [0.1, 0.15) is 0 Å². The van der Waals surface area contributed by atoms with E-state index < -0.39 is 0 Å². The van der Waals surface area contributed by atoms with Crippen LogP contribution in [0.25, 0.3) is 128 Å². The second kappa shape index (κ2) is 15.7. The molecule has 0 aliphatic rings. The van der Waals surface area contributed by atoms with Crippen LogP contribution in [0.3, 0.4) is 0 Å². The Morgan fingerprint density at radius 2 is 0.725 bits per heavy atom. The van der Waals surface area contributed by atoms with Gasteiger partial charge < -0.3 is 13.7 Å². The molecule has 10 aromatic carbocycles. The molecule has 5 nitrogen and oxygen atoms in total. The molecule has 0 atom stereocenters. The van der Waals surface area contributed by atoms with Crippen LogP contribution in [0.5, 0.6) is 0 Å². The van der Waals surface area contributed by atoms with E-state index in [1.165, 1.54) is 38.0 Å². The lowest BCUT2D eigenvalue weighted by Gasteiger charge is -2.17. The molecule has 0 aliphatic carbocycles. The zero-order valence-corrected chi connectivity index (χ0v) is 37.4. The average Bonchev–Trinajstić information content (AvgIpc) is 4.06. The molecule has 0 saturated carbocycles. The van der Waals surface area contributed by atoms with Gasteiger partial charge in [-0.25, -0.2) is 9.97 Å². The fourth-order valence-corrected chi connectivity index (χ4v) is 10.8. The molecule has 0 bridgehead atoms. The molecule has 5 heteroatoms. The highest BCUT2D eigenvalue weighted by Crippen LogP contribution is 2.46. The Balaban J connectivity index is 1.11. The highest BCUT2D eigenvalue weighted by atomic mass is 15.0. The molecule has 0 saturated heterocycles. The third-order valence-corrected chi connectivity index (χ3v) is 13.8. The van der Waals surface area contributed by atoms with E-state index in [4.69, 9.17) is 9.97 Å². The molecule has 69 heavy (non-hydrogen) atoms. The number of fused-ring (bicyclic) bond motifs is 9. The van der Waals surface area contributed by atoms with Crippen molar-refractivity contribution in [1.82, 2.24) is 23.7 Å². The summed E-state index contributed by atoms with van der Waals surface area (Å²) >= 11 is 0. The monoisotopic (exact) mass is 879 g/mol. The summed E-state index contributed by atoms with van der Waals surface area (Å²) in [4.78, 5) is 10.7. The summed E-state index contributed by atoms with van der Waals surface area (Å²) in [6.45, 7) is 0. The molecule has 14 rings (SSSR count). The SMILES string of the molecule is c1ccc(-c2cc(-c3cc4c5ccccc5n(-c5ccccc5)c4cc3-c3cccc4c5ccccc5n(-c5ccc6c(c5)c5ccccc5n6-c5ccccc5)c34)nc(-c3ccccc3)n2)cc1. The second-order valence-electron chi connectivity index (χ2n) is 17.7. The van der Waals surface area contributed by atoms with Crippen molar-refractivity contribution in [3.63, 3.8) is 0 Å². The molecular formula is C64H41N5. The Hall–Kier alpha value is -9.32. The van der Waals surface area contributed by atoms with Gasteiger partial charge in [-0.05, 0) is 84.4 Å². The number of nitrogens with zero attached hydrogens (tertiary/aromatic N) is 5. The standard InChI is InChI=1S/C64H41N5/c1-5-20-42(21-6-1)56-41-57(66-64(65-56)43-22-7-2-8-23-43)53-39-55-49-30-15-17-34-59(49)68(45-26-11-4-12-27-45)62(55)40-52(53)51-32-19-31-50-47-28-13-18-35-60(47)69(63(50)51)46-36-37-61-54(38-46)48-29-14-16-33-58(48)67(61)44-24-9-3-10-25-44/h1-41H. The van der Waals surface area contributed by atoms with Gasteiger partial charge in [0.25, 0.3) is 0 Å². The molecule has 0 spiro atoms. The van der Waals surface area contributed by atoms with E-state index in [0.29, 0.717) is 5.82 Å². The number of rotatable bonds is 7. The topological polar surface area (TPSA) is 40.6 Å². The van der Waals surface area contributed by atoms with Crippen LogP contribution in [0.2, 0.25) is 0 Å². The number of para-hydroxylation sites is 6. The van der Waals surface area contributed by atoms with Crippen LogP contribution in [-0.2, 0) is 0 Å². The molecule has 0 fully saturated rings. The maximum absolute atomic E-state index is 5.50. The number of benzene rings is 10. The molecule has 0 radical (unpaired) electrons. The normalized spacial score (nSPS) is 11.8.